The number of hydrogen-bond donors (Lipinski definition) is 1. The van der Waals surface area contributed by atoms with Gasteiger partial charge in [0.2, 0.25) is 0 Å². The first-order valence-corrected chi connectivity index (χ1v) is 7.04. The highest BCUT2D eigenvalue weighted by Gasteiger charge is 2.19. The monoisotopic (exact) mass is 293 g/mol. The van der Waals surface area contributed by atoms with Crippen molar-refractivity contribution in [2.45, 2.75) is 39.2 Å². The summed E-state index contributed by atoms with van der Waals surface area (Å²) in [5, 5.41) is 8.63. The van der Waals surface area contributed by atoms with Crippen molar-refractivity contribution in [1.82, 2.24) is 4.90 Å². The molecule has 1 amide bonds. The molecule has 0 fully saturated rings. The van der Waals surface area contributed by atoms with Gasteiger partial charge in [-0.2, -0.15) is 0 Å². The van der Waals surface area contributed by atoms with Gasteiger partial charge in [-0.15, -0.1) is 0 Å². The summed E-state index contributed by atoms with van der Waals surface area (Å²) < 4.78 is 5.66. The number of nitrogens with zero attached hydrogens (tertiary/aromatic N) is 1. The minimum Gasteiger partial charge on any atom is -0.481 e. The van der Waals surface area contributed by atoms with Crippen molar-refractivity contribution in [2.75, 3.05) is 13.6 Å². The van der Waals surface area contributed by atoms with E-state index in [2.05, 4.69) is 13.8 Å². The Morgan fingerprint density at radius 3 is 2.52 bits per heavy atom. The number of carbonyl (C=O) groups excluding carboxylic acids is 1. The van der Waals surface area contributed by atoms with Gasteiger partial charge in [-0.25, -0.2) is 0 Å². The number of aliphatic carboxylic acids is 1. The molecule has 5 heteroatoms. The maximum Gasteiger partial charge on any atom is 0.305 e. The lowest BCUT2D eigenvalue weighted by Crippen LogP contribution is -2.39. The number of hydrogen-bond acceptors (Lipinski definition) is 3. The third-order valence-corrected chi connectivity index (χ3v) is 3.22. The lowest BCUT2D eigenvalue weighted by molar-refractivity contribution is -0.140. The first-order chi connectivity index (χ1) is 9.81. The highest BCUT2D eigenvalue weighted by Crippen LogP contribution is 2.21. The average molecular weight is 293 g/mol. The minimum atomic E-state index is -0.923. The Morgan fingerprint density at radius 1 is 1.29 bits per heavy atom. The molecule has 1 atom stereocenters. The highest BCUT2D eigenvalue weighted by molar-refractivity contribution is 5.81. The Bertz CT molecular complexity index is 499. The zero-order chi connectivity index (χ0) is 16.0. The van der Waals surface area contributed by atoms with E-state index in [0.717, 1.165) is 5.56 Å². The van der Waals surface area contributed by atoms with Crippen LogP contribution >= 0.6 is 0 Å². The lowest BCUT2D eigenvalue weighted by atomic mass is 10.0. The zero-order valence-electron chi connectivity index (χ0n) is 13.0. The maximum atomic E-state index is 12.1. The molecule has 1 aromatic carbocycles. The second-order valence-electron chi connectivity index (χ2n) is 5.39. The molecule has 1 rings (SSSR count). The van der Waals surface area contributed by atoms with Crippen LogP contribution in [-0.2, 0) is 9.59 Å². The SMILES string of the molecule is CC(Oc1cccc(C(C)C)c1)C(=O)N(C)CCC(=O)O. The normalized spacial score (nSPS) is 12.0. The van der Waals surface area contributed by atoms with Gasteiger partial charge in [-0.1, -0.05) is 26.0 Å². The summed E-state index contributed by atoms with van der Waals surface area (Å²) in [5.41, 5.74) is 1.14. The number of carboxylic acids is 1. The van der Waals surface area contributed by atoms with Crippen molar-refractivity contribution >= 4 is 11.9 Å². The Balaban J connectivity index is 2.63. The summed E-state index contributed by atoms with van der Waals surface area (Å²) in [7, 11) is 1.58. The van der Waals surface area contributed by atoms with Crippen molar-refractivity contribution in [3.8, 4) is 5.75 Å². The number of ether oxygens (including phenoxy) is 1. The van der Waals surface area contributed by atoms with Gasteiger partial charge in [-0.05, 0) is 30.5 Å². The molecular formula is C16H23NO4. The van der Waals surface area contributed by atoms with E-state index in [1.54, 1.807) is 14.0 Å². The zero-order valence-corrected chi connectivity index (χ0v) is 13.0. The summed E-state index contributed by atoms with van der Waals surface area (Å²) in [6, 6.07) is 7.65. The van der Waals surface area contributed by atoms with Crippen LogP contribution in [0.1, 0.15) is 38.7 Å². The predicted octanol–water partition coefficient (Wildman–Crippen LogP) is 2.51. The first kappa shape index (κ1) is 17.0. The molecule has 0 saturated heterocycles. The molecule has 0 aromatic heterocycles. The molecule has 0 radical (unpaired) electrons. The third kappa shape index (κ3) is 5.45. The summed E-state index contributed by atoms with van der Waals surface area (Å²) in [6.45, 7) is 6.02. The molecule has 0 heterocycles. The van der Waals surface area contributed by atoms with E-state index in [0.29, 0.717) is 11.7 Å². The van der Waals surface area contributed by atoms with Gasteiger partial charge in [0.15, 0.2) is 6.10 Å². The van der Waals surface area contributed by atoms with Gasteiger partial charge < -0.3 is 14.7 Å². The Labute approximate surface area is 125 Å². The van der Waals surface area contributed by atoms with Crippen molar-refractivity contribution in [1.29, 1.82) is 0 Å². The fourth-order valence-electron chi connectivity index (χ4n) is 1.89. The average Bonchev–Trinajstić information content (AvgIpc) is 2.44. The molecule has 0 bridgehead atoms. The molecule has 1 N–H and O–H groups in total. The van der Waals surface area contributed by atoms with Gasteiger partial charge in [0, 0.05) is 13.6 Å². The summed E-state index contributed by atoms with van der Waals surface area (Å²) in [6.07, 6.45) is -0.719. The third-order valence-electron chi connectivity index (χ3n) is 3.22. The van der Waals surface area contributed by atoms with Gasteiger partial charge in [0.25, 0.3) is 5.91 Å². The Hall–Kier alpha value is -2.04. The molecule has 1 unspecified atom stereocenters. The number of carbonyl (C=O) groups is 2. The van der Waals surface area contributed by atoms with Gasteiger partial charge >= 0.3 is 5.97 Å². The highest BCUT2D eigenvalue weighted by atomic mass is 16.5. The Morgan fingerprint density at radius 2 is 1.95 bits per heavy atom. The molecular weight excluding hydrogens is 270 g/mol. The molecule has 0 saturated carbocycles. The standard InChI is InChI=1S/C16H23NO4/c1-11(2)13-6-5-7-14(10-13)21-12(3)16(20)17(4)9-8-15(18)19/h5-7,10-12H,8-9H2,1-4H3,(H,18,19). The van der Waals surface area contributed by atoms with Crippen LogP contribution < -0.4 is 4.74 Å². The smallest absolute Gasteiger partial charge is 0.305 e. The number of benzene rings is 1. The van der Waals surface area contributed by atoms with Crippen molar-refractivity contribution < 1.29 is 19.4 Å². The van der Waals surface area contributed by atoms with E-state index < -0.39 is 12.1 Å². The topological polar surface area (TPSA) is 66.8 Å². The second kappa shape index (κ2) is 7.67. The summed E-state index contributed by atoms with van der Waals surface area (Å²) in [4.78, 5) is 24.0. The van der Waals surface area contributed by atoms with Crippen LogP contribution in [0.15, 0.2) is 24.3 Å². The van der Waals surface area contributed by atoms with E-state index in [-0.39, 0.29) is 18.9 Å². The van der Waals surface area contributed by atoms with E-state index in [9.17, 15) is 9.59 Å². The summed E-state index contributed by atoms with van der Waals surface area (Å²) in [5.74, 6) is -0.120. The maximum absolute atomic E-state index is 12.1. The van der Waals surface area contributed by atoms with Crippen LogP contribution in [0.3, 0.4) is 0 Å². The Kier molecular flexibility index (Phi) is 6.21. The molecule has 21 heavy (non-hydrogen) atoms. The predicted molar refractivity (Wildman–Crippen MR) is 80.5 cm³/mol. The van der Waals surface area contributed by atoms with E-state index >= 15 is 0 Å². The van der Waals surface area contributed by atoms with E-state index in [4.69, 9.17) is 9.84 Å². The lowest BCUT2D eigenvalue weighted by Gasteiger charge is -2.22. The van der Waals surface area contributed by atoms with Crippen molar-refractivity contribution in [3.05, 3.63) is 29.8 Å². The first-order valence-electron chi connectivity index (χ1n) is 7.04. The summed E-state index contributed by atoms with van der Waals surface area (Å²) >= 11 is 0. The second-order valence-corrected chi connectivity index (χ2v) is 5.39. The van der Waals surface area contributed by atoms with Gasteiger partial charge in [0.05, 0.1) is 6.42 Å². The van der Waals surface area contributed by atoms with Crippen LogP contribution in [0.2, 0.25) is 0 Å². The van der Waals surface area contributed by atoms with Crippen molar-refractivity contribution in [2.24, 2.45) is 0 Å². The molecule has 0 aliphatic heterocycles. The van der Waals surface area contributed by atoms with Crippen molar-refractivity contribution in [3.63, 3.8) is 0 Å². The number of amides is 1. The molecule has 5 nitrogen and oxygen atoms in total. The number of likely N-dealkylation sites (N-methyl/N-ethyl adjacent to an activating group) is 1. The van der Waals surface area contributed by atoms with Gasteiger partial charge in [-0.3, -0.25) is 9.59 Å². The molecule has 116 valence electrons. The quantitative estimate of drug-likeness (QED) is 0.839. The van der Waals surface area contributed by atoms with Crippen LogP contribution in [-0.4, -0.2) is 41.6 Å². The van der Waals surface area contributed by atoms with Crippen LogP contribution in [0, 0.1) is 0 Å². The fourth-order valence-corrected chi connectivity index (χ4v) is 1.89. The van der Waals surface area contributed by atoms with Crippen LogP contribution in [0.4, 0.5) is 0 Å². The fraction of sp³-hybridized carbons (Fsp3) is 0.500. The molecule has 0 spiro atoms. The van der Waals surface area contributed by atoms with Crippen LogP contribution in [0.5, 0.6) is 5.75 Å². The van der Waals surface area contributed by atoms with E-state index in [1.807, 2.05) is 24.3 Å². The molecule has 0 aliphatic carbocycles. The number of rotatable bonds is 7. The number of carboxylic acid groups (broad SMARTS) is 1. The van der Waals surface area contributed by atoms with Crippen LogP contribution in [0.25, 0.3) is 0 Å². The minimum absolute atomic E-state index is 0.0716. The molecule has 0 aliphatic rings. The molecule has 1 aromatic rings. The van der Waals surface area contributed by atoms with E-state index in [1.165, 1.54) is 4.90 Å². The largest absolute Gasteiger partial charge is 0.481 e. The van der Waals surface area contributed by atoms with Gasteiger partial charge in [0.1, 0.15) is 5.75 Å².